The number of benzene rings is 2. The van der Waals surface area contributed by atoms with E-state index >= 15 is 0 Å². The maximum atomic E-state index is 14.2. The molecule has 5 rings (SSSR count). The molecule has 2 bridgehead atoms. The fourth-order valence-electron chi connectivity index (χ4n) is 6.40. The van der Waals surface area contributed by atoms with Gasteiger partial charge < -0.3 is 20.6 Å². The first kappa shape index (κ1) is 25.3. The van der Waals surface area contributed by atoms with E-state index in [0.717, 1.165) is 22.4 Å². The van der Waals surface area contributed by atoms with Crippen molar-refractivity contribution in [1.29, 1.82) is 0 Å². The quantitative estimate of drug-likeness (QED) is 0.462. The first-order valence-corrected chi connectivity index (χ1v) is 13.9. The van der Waals surface area contributed by atoms with E-state index in [1.165, 1.54) is 0 Å². The van der Waals surface area contributed by atoms with Crippen molar-refractivity contribution in [3.63, 3.8) is 0 Å². The molecule has 7 atom stereocenters. The highest BCUT2D eigenvalue weighted by Gasteiger charge is 2.76. The van der Waals surface area contributed by atoms with Gasteiger partial charge in [0.2, 0.25) is 17.7 Å². The molecule has 0 saturated carbocycles. The van der Waals surface area contributed by atoms with Gasteiger partial charge in [0, 0.05) is 22.8 Å². The van der Waals surface area contributed by atoms with Crippen LogP contribution in [-0.4, -0.2) is 62.2 Å². The Bertz CT molecular complexity index is 1190. The number of anilines is 1. The number of likely N-dealkylation sites (tertiary alicyclic amines) is 1. The van der Waals surface area contributed by atoms with E-state index < -0.39 is 28.7 Å². The molecule has 9 heteroatoms. The number of para-hydroxylation sites is 1. The van der Waals surface area contributed by atoms with E-state index in [9.17, 15) is 19.5 Å². The number of hydrogen-bond acceptors (Lipinski definition) is 5. The fourth-order valence-corrected chi connectivity index (χ4v) is 10.0. The topological polar surface area (TPSA) is 98.7 Å². The van der Waals surface area contributed by atoms with E-state index in [-0.39, 0.29) is 34.4 Å². The van der Waals surface area contributed by atoms with Crippen LogP contribution in [-0.2, 0) is 14.4 Å². The number of aliphatic hydroxyl groups is 1. The molecule has 7 nitrogen and oxygen atoms in total. The standard InChI is InChI=1S/C27H30BrN3O4S/c1-14-8-7-9-15(2)21(14)30-25(34)23-27-12-17(28)22(36-27)19(24(33)29-3)20(27)26(35)31(23)18(13-32)16-10-5-4-6-11-16/h4-11,17-20,22-23,32H,12-13H2,1-3H3,(H,29,33)(H,30,34)/t17?,18-,19-,20+,22-,23?,27?/m1/s1. The van der Waals surface area contributed by atoms with Crippen LogP contribution in [0.1, 0.15) is 29.2 Å². The van der Waals surface area contributed by atoms with E-state index in [1.54, 1.807) is 23.7 Å². The molecule has 3 amide bonds. The lowest BCUT2D eigenvalue weighted by atomic mass is 9.70. The summed E-state index contributed by atoms with van der Waals surface area (Å²) in [6.07, 6.45) is 0.584. The normalized spacial score (nSPS) is 31.3. The maximum absolute atomic E-state index is 14.2. The molecular formula is C27H30BrN3O4S. The summed E-state index contributed by atoms with van der Waals surface area (Å²) in [5.74, 6) is -1.92. The van der Waals surface area contributed by atoms with Gasteiger partial charge in [0.05, 0.1) is 29.2 Å². The Kier molecular flexibility index (Phi) is 6.68. The lowest BCUT2D eigenvalue weighted by Crippen LogP contribution is -2.53. The lowest BCUT2D eigenvalue weighted by molar-refractivity contribution is -0.142. The van der Waals surface area contributed by atoms with Crippen molar-refractivity contribution in [2.75, 3.05) is 19.0 Å². The number of hydrogen-bond donors (Lipinski definition) is 3. The molecule has 0 aromatic heterocycles. The Hall–Kier alpha value is -2.36. The van der Waals surface area contributed by atoms with Crippen molar-refractivity contribution in [2.45, 2.75) is 47.2 Å². The van der Waals surface area contributed by atoms with Crippen molar-refractivity contribution < 1.29 is 19.5 Å². The van der Waals surface area contributed by atoms with Crippen molar-refractivity contribution >= 4 is 51.1 Å². The molecule has 0 radical (unpaired) electrons. The monoisotopic (exact) mass is 571 g/mol. The fraction of sp³-hybridized carbons (Fsp3) is 0.444. The number of thioether (sulfide) groups is 1. The lowest BCUT2D eigenvalue weighted by Gasteiger charge is -2.37. The summed E-state index contributed by atoms with van der Waals surface area (Å²) in [4.78, 5) is 43.0. The van der Waals surface area contributed by atoms with Gasteiger partial charge >= 0.3 is 0 Å². The second-order valence-electron chi connectivity index (χ2n) is 9.89. The largest absolute Gasteiger partial charge is 0.394 e. The summed E-state index contributed by atoms with van der Waals surface area (Å²) in [7, 11) is 1.58. The van der Waals surface area contributed by atoms with Crippen LogP contribution in [0.5, 0.6) is 0 Å². The Morgan fingerprint density at radius 1 is 1.14 bits per heavy atom. The van der Waals surface area contributed by atoms with E-state index in [1.807, 2.05) is 62.4 Å². The number of fused-ring (bicyclic) bond motifs is 1. The molecule has 2 aromatic rings. The van der Waals surface area contributed by atoms with Crippen molar-refractivity contribution in [1.82, 2.24) is 10.2 Å². The summed E-state index contributed by atoms with van der Waals surface area (Å²) in [5.41, 5.74) is 3.34. The Morgan fingerprint density at radius 3 is 2.42 bits per heavy atom. The average molecular weight is 573 g/mol. The molecule has 3 aliphatic heterocycles. The first-order valence-electron chi connectivity index (χ1n) is 12.1. The van der Waals surface area contributed by atoms with Crippen LogP contribution < -0.4 is 10.6 Å². The molecule has 0 aliphatic carbocycles. The van der Waals surface area contributed by atoms with E-state index in [0.29, 0.717) is 6.42 Å². The van der Waals surface area contributed by atoms with Crippen LogP contribution in [0.2, 0.25) is 0 Å². The summed E-state index contributed by atoms with van der Waals surface area (Å²) < 4.78 is -0.782. The molecule has 36 heavy (non-hydrogen) atoms. The molecule has 3 heterocycles. The molecule has 3 N–H and O–H groups in total. The number of nitrogens with one attached hydrogen (secondary N) is 2. The Labute approximate surface area is 223 Å². The van der Waals surface area contributed by atoms with Gasteiger partial charge in [-0.1, -0.05) is 64.5 Å². The van der Waals surface area contributed by atoms with Crippen LogP contribution in [0, 0.1) is 25.7 Å². The number of alkyl halides is 1. The zero-order chi connectivity index (χ0) is 25.8. The van der Waals surface area contributed by atoms with Crippen LogP contribution in [0.15, 0.2) is 48.5 Å². The minimum atomic E-state index is -0.851. The zero-order valence-corrected chi connectivity index (χ0v) is 22.8. The minimum Gasteiger partial charge on any atom is -0.394 e. The third-order valence-corrected chi connectivity index (χ3v) is 11.2. The number of halogens is 1. The van der Waals surface area contributed by atoms with Crippen LogP contribution in [0.4, 0.5) is 5.69 Å². The average Bonchev–Trinajstić information content (AvgIpc) is 3.46. The Balaban J connectivity index is 1.63. The molecule has 3 unspecified atom stereocenters. The van der Waals surface area contributed by atoms with Gasteiger partial charge in [0.15, 0.2) is 0 Å². The van der Waals surface area contributed by atoms with Gasteiger partial charge in [-0.25, -0.2) is 0 Å². The zero-order valence-electron chi connectivity index (χ0n) is 20.4. The number of aryl methyl sites for hydroxylation is 2. The van der Waals surface area contributed by atoms with Crippen LogP contribution in [0.25, 0.3) is 0 Å². The molecule has 2 aromatic carbocycles. The van der Waals surface area contributed by atoms with Gasteiger partial charge in [-0.3, -0.25) is 14.4 Å². The maximum Gasteiger partial charge on any atom is 0.248 e. The van der Waals surface area contributed by atoms with Gasteiger partial charge in [0.1, 0.15) is 6.04 Å². The van der Waals surface area contributed by atoms with Crippen molar-refractivity contribution in [3.05, 3.63) is 65.2 Å². The third kappa shape index (κ3) is 3.70. The number of nitrogens with zero attached hydrogens (tertiary/aromatic N) is 1. The number of aliphatic hydroxyl groups excluding tert-OH is 1. The van der Waals surface area contributed by atoms with Crippen LogP contribution >= 0.6 is 27.7 Å². The van der Waals surface area contributed by atoms with E-state index in [2.05, 4.69) is 26.6 Å². The summed E-state index contributed by atoms with van der Waals surface area (Å²) in [5, 5.41) is 16.3. The highest BCUT2D eigenvalue weighted by molar-refractivity contribution is 9.09. The molecule has 3 saturated heterocycles. The SMILES string of the molecule is CNC(=O)[C@H]1[C@@H]2SC3(CC2Br)C(C(=O)Nc2c(C)cccc2C)N([C@H](CO)c2ccccc2)C(=O)[C@H]13. The summed E-state index contributed by atoms with van der Waals surface area (Å²) >= 11 is 5.34. The molecule has 1 spiro atoms. The highest BCUT2D eigenvalue weighted by atomic mass is 79.9. The smallest absolute Gasteiger partial charge is 0.248 e. The number of carbonyl (C=O) groups excluding carboxylic acids is 3. The molecular weight excluding hydrogens is 542 g/mol. The predicted molar refractivity (Wildman–Crippen MR) is 144 cm³/mol. The molecule has 3 fully saturated rings. The second kappa shape index (κ2) is 9.50. The minimum absolute atomic E-state index is 0.00593. The Morgan fingerprint density at radius 2 is 1.81 bits per heavy atom. The summed E-state index contributed by atoms with van der Waals surface area (Å²) in [6.45, 7) is 3.55. The number of amides is 3. The van der Waals surface area contributed by atoms with Crippen molar-refractivity contribution in [3.8, 4) is 0 Å². The van der Waals surface area contributed by atoms with E-state index in [4.69, 9.17) is 0 Å². The van der Waals surface area contributed by atoms with Gasteiger partial charge in [-0.2, -0.15) is 0 Å². The van der Waals surface area contributed by atoms with Gasteiger partial charge in [-0.05, 0) is 37.0 Å². The van der Waals surface area contributed by atoms with Gasteiger partial charge in [0.25, 0.3) is 0 Å². The number of rotatable bonds is 6. The first-order chi connectivity index (χ1) is 17.2. The van der Waals surface area contributed by atoms with Gasteiger partial charge in [-0.15, -0.1) is 11.8 Å². The number of carbonyl (C=O) groups is 3. The second-order valence-corrected chi connectivity index (χ2v) is 12.6. The molecule has 190 valence electrons. The van der Waals surface area contributed by atoms with Crippen molar-refractivity contribution in [2.24, 2.45) is 11.8 Å². The molecule has 3 aliphatic rings. The highest BCUT2D eigenvalue weighted by Crippen LogP contribution is 2.68. The van der Waals surface area contributed by atoms with Crippen LogP contribution in [0.3, 0.4) is 0 Å². The summed E-state index contributed by atoms with van der Waals surface area (Å²) in [6, 6.07) is 13.6. The third-order valence-electron chi connectivity index (χ3n) is 7.95. The predicted octanol–water partition coefficient (Wildman–Crippen LogP) is 3.19.